The number of nitrogens with two attached hydrogens (primary N) is 1. The molecule has 3 N–H and O–H groups in total. The molecule has 0 radical (unpaired) electrons. The van der Waals surface area contributed by atoms with E-state index in [0.29, 0.717) is 0 Å². The fourth-order valence-electron chi connectivity index (χ4n) is 2.70. The van der Waals surface area contributed by atoms with Crippen LogP contribution >= 0.6 is 0 Å². The average Bonchev–Trinajstić information content (AvgIpc) is 2.74. The van der Waals surface area contributed by atoms with Gasteiger partial charge in [0.25, 0.3) is 0 Å². The molecule has 1 aliphatic carbocycles. The Labute approximate surface area is 118 Å². The van der Waals surface area contributed by atoms with Crippen LogP contribution in [0.3, 0.4) is 0 Å². The molecule has 0 bridgehead atoms. The van der Waals surface area contributed by atoms with Crippen molar-refractivity contribution in [2.24, 2.45) is 5.73 Å². The molecular formula is C16H17N3O. The molecule has 0 aliphatic heterocycles. The second-order valence-electron chi connectivity index (χ2n) is 5.27. The molecular weight excluding hydrogens is 250 g/mol. The van der Waals surface area contributed by atoms with E-state index in [0.717, 1.165) is 12.1 Å². The van der Waals surface area contributed by atoms with Gasteiger partial charge in [0.1, 0.15) is 0 Å². The highest BCUT2D eigenvalue weighted by molar-refractivity contribution is 5.89. The highest BCUT2D eigenvalue weighted by Crippen LogP contribution is 2.39. The van der Waals surface area contributed by atoms with Crippen molar-refractivity contribution in [1.29, 1.82) is 0 Å². The van der Waals surface area contributed by atoms with E-state index in [1.807, 2.05) is 32.3 Å². The number of carbonyl (C=O) groups is 1. The van der Waals surface area contributed by atoms with Crippen molar-refractivity contribution in [3.05, 3.63) is 47.5 Å². The first-order valence-corrected chi connectivity index (χ1v) is 6.54. The van der Waals surface area contributed by atoms with Gasteiger partial charge in [0.05, 0.1) is 0 Å². The van der Waals surface area contributed by atoms with Gasteiger partial charge in [-0.05, 0) is 52.9 Å². The smallest absolute Gasteiger partial charge is 0.316 e. The number of nitrogens with one attached hydrogen (secondary N) is 1. The third kappa shape index (κ3) is 2.09. The van der Waals surface area contributed by atoms with Crippen LogP contribution in [0.5, 0.6) is 0 Å². The van der Waals surface area contributed by atoms with Crippen LogP contribution in [0.1, 0.15) is 11.1 Å². The molecule has 2 aromatic carbocycles. The number of carbonyl (C=O) groups excluding carboxylic acids is 1. The summed E-state index contributed by atoms with van der Waals surface area (Å²) in [6.07, 6.45) is 0.890. The number of rotatable bonds is 2. The van der Waals surface area contributed by atoms with Gasteiger partial charge >= 0.3 is 6.03 Å². The predicted octanol–water partition coefficient (Wildman–Crippen LogP) is 2.81. The van der Waals surface area contributed by atoms with Crippen LogP contribution in [0, 0.1) is 0 Å². The second kappa shape index (κ2) is 4.56. The van der Waals surface area contributed by atoms with E-state index in [2.05, 4.69) is 28.4 Å². The average molecular weight is 267 g/mol. The highest BCUT2D eigenvalue weighted by atomic mass is 16.2. The van der Waals surface area contributed by atoms with Crippen molar-refractivity contribution in [1.82, 2.24) is 0 Å². The van der Waals surface area contributed by atoms with Gasteiger partial charge in [-0.3, -0.25) is 0 Å². The Hall–Kier alpha value is -2.49. The minimum absolute atomic E-state index is 0.532. The van der Waals surface area contributed by atoms with Gasteiger partial charge in [-0.2, -0.15) is 0 Å². The van der Waals surface area contributed by atoms with Gasteiger partial charge in [0.15, 0.2) is 0 Å². The molecule has 0 aromatic heterocycles. The molecule has 2 aromatic rings. The molecule has 4 nitrogen and oxygen atoms in total. The molecule has 1 aliphatic rings. The SMILES string of the molecule is CN(C)c1ccc2c(c1)Cc1cc(NC(N)=O)ccc1-2. The van der Waals surface area contributed by atoms with Gasteiger partial charge in [-0.15, -0.1) is 0 Å². The van der Waals surface area contributed by atoms with Crippen LogP contribution in [0.15, 0.2) is 36.4 Å². The highest BCUT2D eigenvalue weighted by Gasteiger charge is 2.19. The van der Waals surface area contributed by atoms with Crippen LogP contribution < -0.4 is 16.0 Å². The van der Waals surface area contributed by atoms with Crippen molar-refractivity contribution in [3.8, 4) is 11.1 Å². The number of hydrogen-bond donors (Lipinski definition) is 2. The summed E-state index contributed by atoms with van der Waals surface area (Å²) < 4.78 is 0. The third-order valence-corrected chi connectivity index (χ3v) is 3.65. The molecule has 0 atom stereocenters. The normalized spacial score (nSPS) is 11.7. The molecule has 0 saturated heterocycles. The minimum atomic E-state index is -0.532. The first kappa shape index (κ1) is 12.5. The van der Waals surface area contributed by atoms with E-state index in [9.17, 15) is 4.79 Å². The standard InChI is InChI=1S/C16H17N3O/c1-19(2)13-4-6-15-11(9-13)7-10-8-12(18-16(17)20)3-5-14(10)15/h3-6,8-9H,7H2,1-2H3,(H3,17,18,20). The Bertz CT molecular complexity index is 692. The lowest BCUT2D eigenvalue weighted by atomic mass is 10.0. The lowest BCUT2D eigenvalue weighted by Crippen LogP contribution is -2.19. The second-order valence-corrected chi connectivity index (χ2v) is 5.27. The fourth-order valence-corrected chi connectivity index (χ4v) is 2.70. The summed E-state index contributed by atoms with van der Waals surface area (Å²) in [5, 5.41) is 2.62. The zero-order chi connectivity index (χ0) is 14.3. The minimum Gasteiger partial charge on any atom is -0.378 e. The van der Waals surface area contributed by atoms with Crippen LogP contribution in [0.25, 0.3) is 11.1 Å². The third-order valence-electron chi connectivity index (χ3n) is 3.65. The van der Waals surface area contributed by atoms with Crippen molar-refractivity contribution >= 4 is 17.4 Å². The van der Waals surface area contributed by atoms with Gasteiger partial charge in [-0.1, -0.05) is 12.1 Å². The van der Waals surface area contributed by atoms with Crippen molar-refractivity contribution in [2.75, 3.05) is 24.3 Å². The zero-order valence-electron chi connectivity index (χ0n) is 11.6. The van der Waals surface area contributed by atoms with E-state index in [-0.39, 0.29) is 0 Å². The number of amides is 2. The molecule has 3 rings (SSSR count). The maximum Gasteiger partial charge on any atom is 0.316 e. The summed E-state index contributed by atoms with van der Waals surface area (Å²) in [6.45, 7) is 0. The summed E-state index contributed by atoms with van der Waals surface area (Å²) in [4.78, 5) is 13.0. The number of benzene rings is 2. The Kier molecular flexibility index (Phi) is 2.86. The van der Waals surface area contributed by atoms with E-state index in [1.165, 1.54) is 27.9 Å². The van der Waals surface area contributed by atoms with E-state index in [4.69, 9.17) is 5.73 Å². The number of nitrogens with zero attached hydrogens (tertiary/aromatic N) is 1. The topological polar surface area (TPSA) is 58.4 Å². The lowest BCUT2D eigenvalue weighted by molar-refractivity contribution is 0.259. The summed E-state index contributed by atoms with van der Waals surface area (Å²) in [7, 11) is 4.08. The van der Waals surface area contributed by atoms with Crippen molar-refractivity contribution < 1.29 is 4.79 Å². The van der Waals surface area contributed by atoms with Crippen LogP contribution in [0.4, 0.5) is 16.2 Å². The summed E-state index contributed by atoms with van der Waals surface area (Å²) in [6, 6.07) is 11.9. The number of anilines is 2. The molecule has 0 spiro atoms. The molecule has 2 amide bonds. The maximum atomic E-state index is 10.9. The van der Waals surface area contributed by atoms with Gasteiger partial charge < -0.3 is 16.0 Å². The molecule has 0 unspecified atom stereocenters. The summed E-state index contributed by atoms with van der Waals surface area (Å²) in [5.74, 6) is 0. The molecule has 4 heteroatoms. The Balaban J connectivity index is 1.99. The number of hydrogen-bond acceptors (Lipinski definition) is 2. The van der Waals surface area contributed by atoms with Gasteiger partial charge in [0, 0.05) is 25.5 Å². The quantitative estimate of drug-likeness (QED) is 0.750. The Morgan fingerprint density at radius 3 is 2.40 bits per heavy atom. The fraction of sp³-hybridized carbons (Fsp3) is 0.188. The lowest BCUT2D eigenvalue weighted by Gasteiger charge is -2.13. The number of primary amides is 1. The van der Waals surface area contributed by atoms with Gasteiger partial charge in [0.2, 0.25) is 0 Å². The van der Waals surface area contributed by atoms with E-state index < -0.39 is 6.03 Å². The molecule has 20 heavy (non-hydrogen) atoms. The largest absolute Gasteiger partial charge is 0.378 e. The van der Waals surface area contributed by atoms with Crippen LogP contribution in [-0.4, -0.2) is 20.1 Å². The van der Waals surface area contributed by atoms with Crippen LogP contribution in [-0.2, 0) is 6.42 Å². The zero-order valence-corrected chi connectivity index (χ0v) is 11.6. The monoisotopic (exact) mass is 267 g/mol. The first-order valence-electron chi connectivity index (χ1n) is 6.54. The van der Waals surface area contributed by atoms with Gasteiger partial charge in [-0.25, -0.2) is 4.79 Å². The molecule has 0 heterocycles. The predicted molar refractivity (Wildman–Crippen MR) is 82.2 cm³/mol. The maximum absolute atomic E-state index is 10.9. The number of urea groups is 1. The molecule has 102 valence electrons. The molecule has 0 saturated carbocycles. The summed E-state index contributed by atoms with van der Waals surface area (Å²) in [5.41, 5.74) is 12.2. The Morgan fingerprint density at radius 2 is 1.75 bits per heavy atom. The first-order chi connectivity index (χ1) is 9.54. The molecule has 0 fully saturated rings. The van der Waals surface area contributed by atoms with E-state index in [1.54, 1.807) is 0 Å². The van der Waals surface area contributed by atoms with E-state index >= 15 is 0 Å². The van der Waals surface area contributed by atoms with Crippen molar-refractivity contribution in [2.45, 2.75) is 6.42 Å². The van der Waals surface area contributed by atoms with Crippen molar-refractivity contribution in [3.63, 3.8) is 0 Å². The number of fused-ring (bicyclic) bond motifs is 3. The Morgan fingerprint density at radius 1 is 1.10 bits per heavy atom. The summed E-state index contributed by atoms with van der Waals surface area (Å²) >= 11 is 0. The van der Waals surface area contributed by atoms with Crippen LogP contribution in [0.2, 0.25) is 0 Å².